The van der Waals surface area contributed by atoms with Gasteiger partial charge in [-0.3, -0.25) is 4.79 Å². The van der Waals surface area contributed by atoms with Crippen molar-refractivity contribution in [2.45, 2.75) is 0 Å². The first-order chi connectivity index (χ1) is 11.8. The molecular formula is C21H26BrNO3. The van der Waals surface area contributed by atoms with Crippen LogP contribution in [0.15, 0.2) is 73.3 Å². The summed E-state index contributed by atoms with van der Waals surface area (Å²) in [6.07, 6.45) is 1.18. The number of quaternary nitrogens is 1. The molecule has 2 rings (SSSR count). The minimum Gasteiger partial charge on any atom is -1.00 e. The van der Waals surface area contributed by atoms with Crippen molar-refractivity contribution in [3.63, 3.8) is 0 Å². The topological polar surface area (TPSA) is 43.4 Å². The Hall–Kier alpha value is -2.24. The summed E-state index contributed by atoms with van der Waals surface area (Å²) in [5.41, 5.74) is 1.47. The second-order valence-electron chi connectivity index (χ2n) is 6.45. The van der Waals surface area contributed by atoms with Crippen molar-refractivity contribution in [2.24, 2.45) is 0 Å². The van der Waals surface area contributed by atoms with Gasteiger partial charge in [0.1, 0.15) is 13.2 Å². The van der Waals surface area contributed by atoms with Gasteiger partial charge in [0.15, 0.2) is 5.78 Å². The van der Waals surface area contributed by atoms with Crippen LogP contribution in [-0.2, 0) is 9.53 Å². The summed E-state index contributed by atoms with van der Waals surface area (Å²) < 4.78 is 5.59. The fraction of sp³-hybridized carbons (Fsp3) is 0.238. The number of ether oxygens (including phenoxy) is 1. The molecule has 140 valence electrons. The highest BCUT2D eigenvalue weighted by atomic mass is 79.9. The molecule has 26 heavy (non-hydrogen) atoms. The largest absolute Gasteiger partial charge is 1.00 e. The van der Waals surface area contributed by atoms with E-state index in [-0.39, 0.29) is 28.7 Å². The molecule has 0 unspecified atom stereocenters. The molecule has 0 fully saturated rings. The Morgan fingerprint density at radius 3 is 1.69 bits per heavy atom. The van der Waals surface area contributed by atoms with E-state index in [1.54, 1.807) is 0 Å². The number of halogens is 1. The van der Waals surface area contributed by atoms with Gasteiger partial charge >= 0.3 is 5.97 Å². The zero-order chi connectivity index (χ0) is 18.7. The van der Waals surface area contributed by atoms with E-state index in [0.29, 0.717) is 6.61 Å². The van der Waals surface area contributed by atoms with Crippen molar-refractivity contribution in [1.82, 2.24) is 0 Å². The fourth-order valence-corrected chi connectivity index (χ4v) is 1.82. The molecule has 0 saturated heterocycles. The number of nitrogens with zero attached hydrogens (tertiary/aromatic N) is 1. The van der Waals surface area contributed by atoms with E-state index in [4.69, 9.17) is 4.74 Å². The summed E-state index contributed by atoms with van der Waals surface area (Å²) in [6, 6.07) is 18.6. The summed E-state index contributed by atoms with van der Waals surface area (Å²) >= 11 is 0. The zero-order valence-corrected chi connectivity index (χ0v) is 17.1. The second-order valence-corrected chi connectivity index (χ2v) is 6.45. The van der Waals surface area contributed by atoms with E-state index in [0.717, 1.165) is 22.2 Å². The number of carbonyl (C=O) groups excluding carboxylic acids is 2. The molecular weight excluding hydrogens is 394 g/mol. The molecule has 0 spiro atoms. The number of hydrogen-bond donors (Lipinski definition) is 0. The van der Waals surface area contributed by atoms with Crippen LogP contribution < -0.4 is 17.0 Å². The van der Waals surface area contributed by atoms with Crippen LogP contribution in [0, 0.1) is 0 Å². The maximum absolute atomic E-state index is 11.8. The van der Waals surface area contributed by atoms with E-state index in [2.05, 4.69) is 6.58 Å². The van der Waals surface area contributed by atoms with E-state index >= 15 is 0 Å². The molecule has 5 heteroatoms. The molecule has 0 bridgehead atoms. The molecule has 0 aromatic heterocycles. The van der Waals surface area contributed by atoms with Crippen LogP contribution in [0.5, 0.6) is 0 Å². The van der Waals surface area contributed by atoms with Gasteiger partial charge in [-0.25, -0.2) is 4.79 Å². The zero-order valence-electron chi connectivity index (χ0n) is 15.5. The summed E-state index contributed by atoms with van der Waals surface area (Å²) in [5.74, 6) is -0.273. The molecule has 0 radical (unpaired) electrons. The van der Waals surface area contributed by atoms with Gasteiger partial charge in [0, 0.05) is 17.2 Å². The summed E-state index contributed by atoms with van der Waals surface area (Å²) in [6.45, 7) is 4.57. The average molecular weight is 420 g/mol. The molecule has 0 saturated carbocycles. The van der Waals surface area contributed by atoms with Crippen LogP contribution in [-0.4, -0.2) is 50.5 Å². The number of likely N-dealkylation sites (N-methyl/N-ethyl adjacent to an activating group) is 1. The quantitative estimate of drug-likeness (QED) is 0.293. The highest BCUT2D eigenvalue weighted by molar-refractivity contribution is 6.08. The Balaban J connectivity index is 0.000000479. The molecule has 4 nitrogen and oxygen atoms in total. The standard InChI is InChI=1S/C13H10O.C8H16NO2.BrH/c14-13(11-7-3-1-4-8-11)12-9-5-2-6-10-12;1-5-8(10)11-7-6-9(2,3)4;/h1-10H;5H,1,6-7H2,2-4H3;1H/q;+1;/p-1. The van der Waals surface area contributed by atoms with Gasteiger partial charge in [-0.1, -0.05) is 67.2 Å². The normalized spacial score (nSPS) is 9.81. The van der Waals surface area contributed by atoms with E-state index in [1.165, 1.54) is 6.08 Å². The van der Waals surface area contributed by atoms with Gasteiger partial charge in [0.05, 0.1) is 21.1 Å². The van der Waals surface area contributed by atoms with Crippen molar-refractivity contribution in [3.05, 3.63) is 84.4 Å². The number of rotatable bonds is 6. The third-order valence-electron chi connectivity index (χ3n) is 3.25. The number of benzene rings is 2. The van der Waals surface area contributed by atoms with E-state index < -0.39 is 0 Å². The lowest BCUT2D eigenvalue weighted by atomic mass is 10.0. The van der Waals surface area contributed by atoms with Crippen molar-refractivity contribution in [2.75, 3.05) is 34.3 Å². The van der Waals surface area contributed by atoms with Crippen LogP contribution >= 0.6 is 0 Å². The van der Waals surface area contributed by atoms with Crippen LogP contribution in [0.3, 0.4) is 0 Å². The molecule has 0 atom stereocenters. The minimum atomic E-state index is -0.349. The van der Waals surface area contributed by atoms with Gasteiger partial charge in [-0.05, 0) is 0 Å². The Labute approximate surface area is 166 Å². The fourth-order valence-electron chi connectivity index (χ4n) is 1.82. The van der Waals surface area contributed by atoms with Crippen LogP contribution in [0.4, 0.5) is 0 Å². The Kier molecular flexibility index (Phi) is 11.1. The summed E-state index contributed by atoms with van der Waals surface area (Å²) in [7, 11) is 6.13. The van der Waals surface area contributed by atoms with Gasteiger partial charge in [-0.2, -0.15) is 0 Å². The van der Waals surface area contributed by atoms with Gasteiger partial charge < -0.3 is 26.2 Å². The number of carbonyl (C=O) groups is 2. The molecule has 2 aromatic rings. The van der Waals surface area contributed by atoms with E-state index in [9.17, 15) is 9.59 Å². The first kappa shape index (κ1) is 23.8. The van der Waals surface area contributed by atoms with Crippen molar-refractivity contribution in [1.29, 1.82) is 0 Å². The van der Waals surface area contributed by atoms with E-state index in [1.807, 2.05) is 81.8 Å². The van der Waals surface area contributed by atoms with Crippen molar-refractivity contribution in [3.8, 4) is 0 Å². The Morgan fingerprint density at radius 1 is 0.923 bits per heavy atom. The lowest BCUT2D eigenvalue weighted by Crippen LogP contribution is -3.00. The molecule has 0 heterocycles. The molecule has 0 amide bonds. The van der Waals surface area contributed by atoms with Crippen molar-refractivity contribution >= 4 is 11.8 Å². The highest BCUT2D eigenvalue weighted by Gasteiger charge is 2.07. The minimum absolute atomic E-state index is 0. The summed E-state index contributed by atoms with van der Waals surface area (Å²) in [5, 5.41) is 0. The maximum atomic E-state index is 11.8. The highest BCUT2D eigenvalue weighted by Crippen LogP contribution is 2.08. The third kappa shape index (κ3) is 9.91. The SMILES string of the molecule is C=CC(=O)OCC[N+](C)(C)C.O=C(c1ccccc1)c1ccccc1.[Br-]. The molecule has 0 aliphatic heterocycles. The number of ketones is 1. The lowest BCUT2D eigenvalue weighted by Gasteiger charge is -2.23. The Morgan fingerprint density at radius 2 is 1.35 bits per heavy atom. The maximum Gasteiger partial charge on any atom is 0.330 e. The van der Waals surface area contributed by atoms with Crippen LogP contribution in [0.1, 0.15) is 15.9 Å². The number of hydrogen-bond acceptors (Lipinski definition) is 3. The van der Waals surface area contributed by atoms with Gasteiger partial charge in [0.25, 0.3) is 0 Å². The molecule has 2 aromatic carbocycles. The second kappa shape index (κ2) is 12.2. The smallest absolute Gasteiger partial charge is 0.330 e. The first-order valence-corrected chi connectivity index (χ1v) is 8.08. The van der Waals surface area contributed by atoms with Crippen molar-refractivity contribution < 1.29 is 35.8 Å². The molecule has 0 N–H and O–H groups in total. The lowest BCUT2D eigenvalue weighted by molar-refractivity contribution is -0.870. The van der Waals surface area contributed by atoms with Gasteiger partial charge in [0.2, 0.25) is 0 Å². The predicted molar refractivity (Wildman–Crippen MR) is 100 cm³/mol. The van der Waals surface area contributed by atoms with Crippen LogP contribution in [0.2, 0.25) is 0 Å². The monoisotopic (exact) mass is 419 g/mol. The molecule has 0 aliphatic carbocycles. The number of esters is 1. The average Bonchev–Trinajstić information content (AvgIpc) is 2.62. The predicted octanol–water partition coefficient (Wildman–Crippen LogP) is 0.343. The van der Waals surface area contributed by atoms with Crippen LogP contribution in [0.25, 0.3) is 0 Å². The first-order valence-electron chi connectivity index (χ1n) is 8.08. The van der Waals surface area contributed by atoms with Gasteiger partial charge in [-0.15, -0.1) is 0 Å². The summed E-state index contributed by atoms with van der Waals surface area (Å²) in [4.78, 5) is 22.4. The third-order valence-corrected chi connectivity index (χ3v) is 3.25. The molecule has 0 aliphatic rings. The Bertz CT molecular complexity index is 638.